The van der Waals surface area contributed by atoms with Crippen LogP contribution in [-0.4, -0.2) is 18.5 Å². The van der Waals surface area contributed by atoms with Crippen molar-refractivity contribution in [2.24, 2.45) is 5.73 Å². The molecule has 3 N–H and O–H groups in total. The lowest BCUT2D eigenvalue weighted by Crippen LogP contribution is -2.31. The molecule has 1 aromatic rings. The summed E-state index contributed by atoms with van der Waals surface area (Å²) >= 11 is 0. The monoisotopic (exact) mass is 238 g/mol. The first-order chi connectivity index (χ1) is 7.99. The zero-order valence-corrected chi connectivity index (χ0v) is 10.3. The van der Waals surface area contributed by atoms with Crippen molar-refractivity contribution in [1.29, 1.82) is 0 Å². The van der Waals surface area contributed by atoms with E-state index in [4.69, 9.17) is 5.73 Å². The summed E-state index contributed by atoms with van der Waals surface area (Å²) in [6.07, 6.45) is 1.04. The predicted molar refractivity (Wildman–Crippen MR) is 66.1 cm³/mol. The van der Waals surface area contributed by atoms with Crippen LogP contribution in [-0.2, 0) is 11.2 Å². The van der Waals surface area contributed by atoms with Crippen LogP contribution in [0.4, 0.5) is 4.39 Å². The van der Waals surface area contributed by atoms with Crippen molar-refractivity contribution in [3.63, 3.8) is 0 Å². The Balaban J connectivity index is 2.36. The minimum Gasteiger partial charge on any atom is -0.356 e. The Morgan fingerprint density at radius 3 is 2.82 bits per heavy atom. The third kappa shape index (κ3) is 4.95. The number of carbonyl (C=O) groups excluding carboxylic acids is 1. The largest absolute Gasteiger partial charge is 0.356 e. The van der Waals surface area contributed by atoms with E-state index in [-0.39, 0.29) is 17.8 Å². The molecule has 17 heavy (non-hydrogen) atoms. The maximum atomic E-state index is 13.0. The van der Waals surface area contributed by atoms with Crippen molar-refractivity contribution in [3.05, 3.63) is 35.1 Å². The quantitative estimate of drug-likeness (QED) is 0.817. The maximum absolute atomic E-state index is 13.0. The van der Waals surface area contributed by atoms with Crippen LogP contribution in [0.5, 0.6) is 0 Å². The molecular weight excluding hydrogens is 219 g/mol. The smallest absolute Gasteiger partial charge is 0.221 e. The third-order valence-corrected chi connectivity index (χ3v) is 2.47. The Bertz CT molecular complexity index is 391. The van der Waals surface area contributed by atoms with E-state index in [0.29, 0.717) is 24.9 Å². The molecule has 0 aliphatic heterocycles. The molecule has 0 bridgehead atoms. The maximum Gasteiger partial charge on any atom is 0.221 e. The summed E-state index contributed by atoms with van der Waals surface area (Å²) < 4.78 is 13.0. The van der Waals surface area contributed by atoms with Crippen LogP contribution < -0.4 is 11.1 Å². The highest BCUT2D eigenvalue weighted by Gasteiger charge is 2.04. The summed E-state index contributed by atoms with van der Waals surface area (Å²) in [5.41, 5.74) is 7.16. The Kier molecular flexibility index (Phi) is 5.10. The Morgan fingerprint density at radius 2 is 2.24 bits per heavy atom. The number of aryl methyl sites for hydroxylation is 1. The number of nitrogens with two attached hydrogens (primary N) is 1. The summed E-state index contributed by atoms with van der Waals surface area (Å²) in [5.74, 6) is -0.242. The fraction of sp³-hybridized carbons (Fsp3) is 0.462. The molecule has 0 saturated heterocycles. The SMILES string of the molecule is Cc1cc(CCNC(=O)CC(C)N)ccc1F. The van der Waals surface area contributed by atoms with Gasteiger partial charge in [0, 0.05) is 19.0 Å². The fourth-order valence-electron chi connectivity index (χ4n) is 1.57. The van der Waals surface area contributed by atoms with Gasteiger partial charge in [0.15, 0.2) is 0 Å². The first kappa shape index (κ1) is 13.6. The van der Waals surface area contributed by atoms with Crippen LogP contribution in [0.1, 0.15) is 24.5 Å². The molecular formula is C13H19FN2O. The lowest BCUT2D eigenvalue weighted by molar-refractivity contribution is -0.121. The minimum absolute atomic E-state index is 0.0427. The van der Waals surface area contributed by atoms with Gasteiger partial charge in [-0.1, -0.05) is 12.1 Å². The number of amides is 1. The first-order valence-corrected chi connectivity index (χ1v) is 5.76. The van der Waals surface area contributed by atoms with Crippen LogP contribution in [0.25, 0.3) is 0 Å². The van der Waals surface area contributed by atoms with Crippen LogP contribution >= 0.6 is 0 Å². The number of hydrogen-bond donors (Lipinski definition) is 2. The second-order valence-corrected chi connectivity index (χ2v) is 4.36. The Hall–Kier alpha value is -1.42. The van der Waals surface area contributed by atoms with Crippen molar-refractivity contribution >= 4 is 5.91 Å². The molecule has 3 nitrogen and oxygen atoms in total. The number of rotatable bonds is 5. The summed E-state index contributed by atoms with van der Waals surface area (Å²) in [5, 5.41) is 2.78. The van der Waals surface area contributed by atoms with Crippen LogP contribution in [0.3, 0.4) is 0 Å². The van der Waals surface area contributed by atoms with Crippen LogP contribution in [0.15, 0.2) is 18.2 Å². The molecule has 1 aromatic carbocycles. The average Bonchev–Trinajstić information content (AvgIpc) is 2.22. The molecule has 0 aromatic heterocycles. The van der Waals surface area contributed by atoms with E-state index in [9.17, 15) is 9.18 Å². The highest BCUT2D eigenvalue weighted by atomic mass is 19.1. The van der Waals surface area contributed by atoms with Crippen molar-refractivity contribution < 1.29 is 9.18 Å². The summed E-state index contributed by atoms with van der Waals surface area (Å²) in [4.78, 5) is 11.3. The van der Waals surface area contributed by atoms with Crippen molar-refractivity contribution in [2.45, 2.75) is 32.7 Å². The molecule has 0 aliphatic carbocycles. The van der Waals surface area contributed by atoms with E-state index < -0.39 is 0 Å². The normalized spacial score (nSPS) is 12.2. The number of nitrogens with one attached hydrogen (secondary N) is 1. The van der Waals surface area contributed by atoms with Gasteiger partial charge in [-0.05, 0) is 37.5 Å². The molecule has 0 heterocycles. The third-order valence-electron chi connectivity index (χ3n) is 2.47. The van der Waals surface area contributed by atoms with E-state index in [1.165, 1.54) is 6.07 Å². The number of halogens is 1. The van der Waals surface area contributed by atoms with E-state index in [1.807, 2.05) is 0 Å². The van der Waals surface area contributed by atoms with Crippen molar-refractivity contribution in [3.8, 4) is 0 Å². The molecule has 0 radical (unpaired) electrons. The molecule has 0 saturated carbocycles. The Morgan fingerprint density at radius 1 is 1.53 bits per heavy atom. The zero-order chi connectivity index (χ0) is 12.8. The van der Waals surface area contributed by atoms with Gasteiger partial charge in [-0.15, -0.1) is 0 Å². The number of hydrogen-bond acceptors (Lipinski definition) is 2. The van der Waals surface area contributed by atoms with Gasteiger partial charge in [0.05, 0.1) is 0 Å². The molecule has 1 amide bonds. The van der Waals surface area contributed by atoms with Gasteiger partial charge < -0.3 is 11.1 Å². The molecule has 0 aliphatic rings. The Labute approximate surface area is 101 Å². The molecule has 1 atom stereocenters. The molecule has 0 spiro atoms. The number of benzene rings is 1. The van der Waals surface area contributed by atoms with Gasteiger partial charge >= 0.3 is 0 Å². The van der Waals surface area contributed by atoms with Crippen LogP contribution in [0, 0.1) is 12.7 Å². The van der Waals surface area contributed by atoms with Gasteiger partial charge in [-0.3, -0.25) is 4.79 Å². The molecule has 0 fully saturated rings. The van der Waals surface area contributed by atoms with Crippen molar-refractivity contribution in [1.82, 2.24) is 5.32 Å². The summed E-state index contributed by atoms with van der Waals surface area (Å²) in [6, 6.07) is 4.87. The highest BCUT2D eigenvalue weighted by molar-refractivity contribution is 5.76. The molecule has 94 valence electrons. The van der Waals surface area contributed by atoms with Gasteiger partial charge in [0.1, 0.15) is 5.82 Å². The minimum atomic E-state index is -0.199. The first-order valence-electron chi connectivity index (χ1n) is 5.76. The fourth-order valence-corrected chi connectivity index (χ4v) is 1.57. The predicted octanol–water partition coefficient (Wildman–Crippen LogP) is 1.53. The van der Waals surface area contributed by atoms with Gasteiger partial charge in [-0.25, -0.2) is 4.39 Å². The average molecular weight is 238 g/mol. The van der Waals surface area contributed by atoms with E-state index in [1.54, 1.807) is 26.0 Å². The summed E-state index contributed by atoms with van der Waals surface area (Å²) in [7, 11) is 0. The second-order valence-electron chi connectivity index (χ2n) is 4.36. The molecule has 1 rings (SSSR count). The van der Waals surface area contributed by atoms with E-state index in [2.05, 4.69) is 5.32 Å². The van der Waals surface area contributed by atoms with E-state index >= 15 is 0 Å². The zero-order valence-electron chi connectivity index (χ0n) is 10.3. The summed E-state index contributed by atoms with van der Waals surface area (Å²) in [6.45, 7) is 4.08. The van der Waals surface area contributed by atoms with Crippen LogP contribution in [0.2, 0.25) is 0 Å². The lowest BCUT2D eigenvalue weighted by atomic mass is 10.1. The van der Waals surface area contributed by atoms with Gasteiger partial charge in [-0.2, -0.15) is 0 Å². The van der Waals surface area contributed by atoms with Gasteiger partial charge in [0.25, 0.3) is 0 Å². The van der Waals surface area contributed by atoms with Gasteiger partial charge in [0.2, 0.25) is 5.91 Å². The molecule has 4 heteroatoms. The standard InChI is InChI=1S/C13H19FN2O/c1-9-7-11(3-4-12(9)14)5-6-16-13(17)8-10(2)15/h3-4,7,10H,5-6,8,15H2,1-2H3,(H,16,17). The highest BCUT2D eigenvalue weighted by Crippen LogP contribution is 2.09. The topological polar surface area (TPSA) is 55.1 Å². The number of carbonyl (C=O) groups is 1. The lowest BCUT2D eigenvalue weighted by Gasteiger charge is -2.07. The second kappa shape index (κ2) is 6.35. The molecule has 1 unspecified atom stereocenters. The van der Waals surface area contributed by atoms with Crippen molar-refractivity contribution in [2.75, 3.05) is 6.54 Å². The van der Waals surface area contributed by atoms with E-state index in [0.717, 1.165) is 5.56 Å².